The lowest BCUT2D eigenvalue weighted by atomic mass is 9.49. The summed E-state index contributed by atoms with van der Waals surface area (Å²) in [5, 5.41) is 0. The van der Waals surface area contributed by atoms with Crippen molar-refractivity contribution in [3.63, 3.8) is 0 Å². The Bertz CT molecular complexity index is 398. The summed E-state index contributed by atoms with van der Waals surface area (Å²) in [6, 6.07) is 0. The van der Waals surface area contributed by atoms with Crippen LogP contribution in [-0.4, -0.2) is 23.9 Å². The summed E-state index contributed by atoms with van der Waals surface area (Å²) >= 11 is 0. The molecule has 0 aromatic rings. The molecular formula is C20H33NO. The minimum atomic E-state index is 0.417. The first-order valence-electron chi connectivity index (χ1n) is 9.81. The van der Waals surface area contributed by atoms with Gasteiger partial charge < -0.3 is 4.90 Å². The maximum atomic E-state index is 12.9. The predicted octanol–water partition coefficient (Wildman–Crippen LogP) is 4.49. The van der Waals surface area contributed by atoms with Crippen LogP contribution in [0.5, 0.6) is 0 Å². The van der Waals surface area contributed by atoms with Gasteiger partial charge in [-0.05, 0) is 86.4 Å². The highest BCUT2D eigenvalue weighted by Gasteiger charge is 2.51. The van der Waals surface area contributed by atoms with Gasteiger partial charge in [-0.3, -0.25) is 4.79 Å². The molecule has 1 saturated heterocycles. The molecule has 0 unspecified atom stereocenters. The third-order valence-electron chi connectivity index (χ3n) is 7.53. The van der Waals surface area contributed by atoms with Crippen molar-refractivity contribution in [2.75, 3.05) is 13.1 Å². The zero-order valence-corrected chi connectivity index (χ0v) is 14.5. The molecule has 0 N–H and O–H groups in total. The molecule has 5 fully saturated rings. The molecule has 124 valence electrons. The fraction of sp³-hybridized carbons (Fsp3) is 0.950. The molecular weight excluding hydrogens is 270 g/mol. The van der Waals surface area contributed by atoms with Crippen LogP contribution in [0.3, 0.4) is 0 Å². The smallest absolute Gasteiger partial charge is 0.223 e. The van der Waals surface area contributed by atoms with E-state index in [-0.39, 0.29) is 0 Å². The number of nitrogens with zero attached hydrogens (tertiary/aromatic N) is 1. The van der Waals surface area contributed by atoms with Crippen LogP contribution in [0.2, 0.25) is 0 Å². The van der Waals surface area contributed by atoms with Crippen molar-refractivity contribution >= 4 is 5.91 Å². The van der Waals surface area contributed by atoms with E-state index < -0.39 is 0 Å². The van der Waals surface area contributed by atoms with Crippen molar-refractivity contribution < 1.29 is 4.79 Å². The largest absolute Gasteiger partial charge is 0.343 e. The summed E-state index contributed by atoms with van der Waals surface area (Å²) in [5.41, 5.74) is 0.417. The van der Waals surface area contributed by atoms with E-state index >= 15 is 0 Å². The lowest BCUT2D eigenvalue weighted by Gasteiger charge is -2.57. The van der Waals surface area contributed by atoms with Gasteiger partial charge in [-0.1, -0.05) is 13.8 Å². The van der Waals surface area contributed by atoms with Gasteiger partial charge in [-0.15, -0.1) is 0 Å². The van der Waals surface area contributed by atoms with Gasteiger partial charge in [0.2, 0.25) is 5.91 Å². The molecule has 1 heterocycles. The highest BCUT2D eigenvalue weighted by Crippen LogP contribution is 2.61. The Morgan fingerprint density at radius 3 is 1.95 bits per heavy atom. The number of rotatable bonds is 3. The van der Waals surface area contributed by atoms with E-state index in [2.05, 4.69) is 18.7 Å². The summed E-state index contributed by atoms with van der Waals surface area (Å²) < 4.78 is 0. The first-order valence-corrected chi connectivity index (χ1v) is 9.81. The fourth-order valence-electron chi connectivity index (χ4n) is 6.75. The molecule has 5 rings (SSSR count). The SMILES string of the molecule is CC(C)C1CCN(C(=O)CC23CC4CC(CC(C4)C2)C3)CC1. The molecule has 0 aromatic heterocycles. The molecule has 2 heteroatoms. The van der Waals surface area contributed by atoms with Crippen molar-refractivity contribution in [2.24, 2.45) is 35.0 Å². The zero-order chi connectivity index (χ0) is 15.3. The van der Waals surface area contributed by atoms with Crippen molar-refractivity contribution in [2.45, 2.75) is 71.6 Å². The van der Waals surface area contributed by atoms with E-state index in [9.17, 15) is 4.79 Å². The van der Waals surface area contributed by atoms with Crippen LogP contribution in [0.25, 0.3) is 0 Å². The van der Waals surface area contributed by atoms with Gasteiger partial charge in [0, 0.05) is 19.5 Å². The van der Waals surface area contributed by atoms with Crippen molar-refractivity contribution in [1.29, 1.82) is 0 Å². The Morgan fingerprint density at radius 1 is 1.00 bits per heavy atom. The normalized spacial score (nSPS) is 41.4. The summed E-state index contributed by atoms with van der Waals surface area (Å²) in [5.74, 6) is 5.00. The summed E-state index contributed by atoms with van der Waals surface area (Å²) in [6.45, 7) is 6.71. The number of hydrogen-bond donors (Lipinski definition) is 0. The van der Waals surface area contributed by atoms with E-state index in [1.807, 2.05) is 0 Å². The van der Waals surface area contributed by atoms with Gasteiger partial charge in [0.25, 0.3) is 0 Å². The molecule has 0 atom stereocenters. The molecule has 22 heavy (non-hydrogen) atoms. The van der Waals surface area contributed by atoms with Gasteiger partial charge in [-0.2, -0.15) is 0 Å². The Kier molecular flexibility index (Phi) is 3.77. The van der Waals surface area contributed by atoms with Crippen LogP contribution >= 0.6 is 0 Å². The Morgan fingerprint density at radius 2 is 1.50 bits per heavy atom. The molecule has 0 spiro atoms. The second kappa shape index (κ2) is 5.53. The standard InChI is InChI=1S/C20H33NO/c1-14(2)18-3-5-21(6-4-18)19(22)13-20-10-15-7-16(11-20)9-17(8-15)12-20/h14-18H,3-13H2,1-2H3. The maximum Gasteiger partial charge on any atom is 0.223 e. The van der Waals surface area contributed by atoms with E-state index in [1.54, 1.807) is 0 Å². The molecule has 1 aliphatic heterocycles. The first-order chi connectivity index (χ1) is 10.5. The van der Waals surface area contributed by atoms with E-state index in [0.717, 1.165) is 49.1 Å². The average molecular weight is 303 g/mol. The van der Waals surface area contributed by atoms with Crippen molar-refractivity contribution in [1.82, 2.24) is 4.90 Å². The van der Waals surface area contributed by atoms with Crippen molar-refractivity contribution in [3.8, 4) is 0 Å². The summed E-state index contributed by atoms with van der Waals surface area (Å²) in [4.78, 5) is 15.1. The Labute approximate surface area is 136 Å². The number of piperidine rings is 1. The van der Waals surface area contributed by atoms with Gasteiger partial charge in [0.05, 0.1) is 0 Å². The predicted molar refractivity (Wildman–Crippen MR) is 89.4 cm³/mol. The van der Waals surface area contributed by atoms with E-state index in [1.165, 1.54) is 51.4 Å². The monoisotopic (exact) mass is 303 g/mol. The number of hydrogen-bond acceptors (Lipinski definition) is 1. The van der Waals surface area contributed by atoms with Crippen LogP contribution in [-0.2, 0) is 4.79 Å². The molecule has 0 radical (unpaired) electrons. The molecule has 5 aliphatic rings. The summed E-state index contributed by atoms with van der Waals surface area (Å²) in [7, 11) is 0. The third kappa shape index (κ3) is 2.71. The topological polar surface area (TPSA) is 20.3 Å². The molecule has 2 nitrogen and oxygen atoms in total. The quantitative estimate of drug-likeness (QED) is 0.752. The number of carbonyl (C=O) groups excluding carboxylic acids is 1. The average Bonchev–Trinajstić information content (AvgIpc) is 2.45. The van der Waals surface area contributed by atoms with Crippen LogP contribution in [0.4, 0.5) is 0 Å². The molecule has 1 amide bonds. The summed E-state index contributed by atoms with van der Waals surface area (Å²) in [6.07, 6.45) is 11.9. The van der Waals surface area contributed by atoms with Crippen LogP contribution < -0.4 is 0 Å². The number of carbonyl (C=O) groups is 1. The Balaban J connectivity index is 1.36. The highest BCUT2D eigenvalue weighted by molar-refractivity contribution is 5.77. The number of amides is 1. The van der Waals surface area contributed by atoms with E-state index in [4.69, 9.17) is 0 Å². The van der Waals surface area contributed by atoms with Crippen LogP contribution in [0.15, 0.2) is 0 Å². The maximum absolute atomic E-state index is 12.9. The zero-order valence-electron chi connectivity index (χ0n) is 14.5. The van der Waals surface area contributed by atoms with Gasteiger partial charge >= 0.3 is 0 Å². The van der Waals surface area contributed by atoms with Gasteiger partial charge in [0.15, 0.2) is 0 Å². The lowest BCUT2D eigenvalue weighted by Crippen LogP contribution is -2.49. The highest BCUT2D eigenvalue weighted by atomic mass is 16.2. The number of likely N-dealkylation sites (tertiary alicyclic amines) is 1. The lowest BCUT2D eigenvalue weighted by molar-refractivity contribution is -0.141. The first kappa shape index (κ1) is 15.0. The minimum absolute atomic E-state index is 0.417. The minimum Gasteiger partial charge on any atom is -0.343 e. The second-order valence-electron chi connectivity index (χ2n) is 9.56. The fourth-order valence-corrected chi connectivity index (χ4v) is 6.75. The van der Waals surface area contributed by atoms with Gasteiger partial charge in [0.1, 0.15) is 0 Å². The van der Waals surface area contributed by atoms with Crippen molar-refractivity contribution in [3.05, 3.63) is 0 Å². The van der Waals surface area contributed by atoms with Crippen LogP contribution in [0, 0.1) is 35.0 Å². The Hall–Kier alpha value is -0.530. The molecule has 4 saturated carbocycles. The van der Waals surface area contributed by atoms with Gasteiger partial charge in [-0.25, -0.2) is 0 Å². The second-order valence-corrected chi connectivity index (χ2v) is 9.56. The molecule has 4 bridgehead atoms. The molecule has 4 aliphatic carbocycles. The van der Waals surface area contributed by atoms with Crippen LogP contribution in [0.1, 0.15) is 71.6 Å². The molecule has 0 aromatic carbocycles. The third-order valence-corrected chi connectivity index (χ3v) is 7.53. The van der Waals surface area contributed by atoms with E-state index in [0.29, 0.717) is 11.3 Å².